The second-order valence-corrected chi connectivity index (χ2v) is 4.24. The molecule has 1 atom stereocenters. The largest absolute Gasteiger partial charge is 0.455 e. The summed E-state index contributed by atoms with van der Waals surface area (Å²) in [7, 11) is 0. The van der Waals surface area contributed by atoms with Gasteiger partial charge in [0.25, 0.3) is 0 Å². The van der Waals surface area contributed by atoms with Crippen LogP contribution in [-0.4, -0.2) is 17.6 Å². The molecule has 0 spiro atoms. The monoisotopic (exact) mass is 267 g/mol. The maximum Gasteiger partial charge on any atom is 0.455 e. The van der Waals surface area contributed by atoms with Crippen LogP contribution in [0.25, 0.3) is 0 Å². The first-order valence-corrected chi connectivity index (χ1v) is 5.41. The Hall–Kier alpha value is -1.17. The van der Waals surface area contributed by atoms with E-state index in [4.69, 9.17) is 5.73 Å². The molecule has 0 aromatic heterocycles. The molecule has 2 N–H and O–H groups in total. The summed E-state index contributed by atoms with van der Waals surface area (Å²) in [5, 5.41) is 0. The summed E-state index contributed by atoms with van der Waals surface area (Å²) >= 11 is 0. The molecule has 1 rings (SSSR count). The van der Waals surface area contributed by atoms with Gasteiger partial charge in [-0.3, -0.25) is 0 Å². The average Bonchev–Trinajstić information content (AvgIpc) is 2.28. The van der Waals surface area contributed by atoms with Crippen molar-refractivity contribution in [3.63, 3.8) is 0 Å². The van der Waals surface area contributed by atoms with Crippen molar-refractivity contribution < 1.29 is 22.0 Å². The van der Waals surface area contributed by atoms with Crippen molar-refractivity contribution in [1.29, 1.82) is 0 Å². The molecule has 0 radical (unpaired) electrons. The van der Waals surface area contributed by atoms with Crippen LogP contribution in [0.3, 0.4) is 0 Å². The summed E-state index contributed by atoms with van der Waals surface area (Å²) in [6, 6.07) is 7.73. The molecule has 0 saturated heterocycles. The van der Waals surface area contributed by atoms with Crippen molar-refractivity contribution in [3.05, 3.63) is 35.9 Å². The number of hydrogen-bond acceptors (Lipinski definition) is 1. The van der Waals surface area contributed by atoms with Crippen molar-refractivity contribution in [2.75, 3.05) is 0 Å². The van der Waals surface area contributed by atoms with Crippen molar-refractivity contribution in [2.24, 2.45) is 5.73 Å². The summed E-state index contributed by atoms with van der Waals surface area (Å²) in [5.41, 5.74) is 3.04. The molecule has 1 aromatic carbocycles. The Balaban J connectivity index is 3.07. The molecule has 0 aliphatic heterocycles. The van der Waals surface area contributed by atoms with Gasteiger partial charge in [0.2, 0.25) is 0 Å². The average molecular weight is 267 g/mol. The summed E-state index contributed by atoms with van der Waals surface area (Å²) in [6.45, 7) is 1.22. The van der Waals surface area contributed by atoms with Gasteiger partial charge in [-0.15, -0.1) is 0 Å². The van der Waals surface area contributed by atoms with Crippen LogP contribution in [0.5, 0.6) is 0 Å². The van der Waals surface area contributed by atoms with E-state index in [0.717, 1.165) is 0 Å². The fourth-order valence-electron chi connectivity index (χ4n) is 1.70. The maximum atomic E-state index is 13.4. The van der Waals surface area contributed by atoms with E-state index >= 15 is 0 Å². The third kappa shape index (κ3) is 2.63. The zero-order valence-corrected chi connectivity index (χ0v) is 9.77. The normalized spacial score (nSPS) is 16.4. The molecule has 102 valence electrons. The fourth-order valence-corrected chi connectivity index (χ4v) is 1.70. The zero-order valence-electron chi connectivity index (χ0n) is 9.77. The lowest BCUT2D eigenvalue weighted by Gasteiger charge is -2.37. The Morgan fingerprint density at radius 1 is 1.00 bits per heavy atom. The van der Waals surface area contributed by atoms with Gasteiger partial charge >= 0.3 is 12.1 Å². The van der Waals surface area contributed by atoms with Crippen molar-refractivity contribution in [2.45, 2.75) is 37.4 Å². The molecule has 0 aliphatic carbocycles. The van der Waals surface area contributed by atoms with E-state index in [2.05, 4.69) is 0 Å². The Kier molecular flexibility index (Phi) is 4.00. The molecule has 1 unspecified atom stereocenters. The van der Waals surface area contributed by atoms with E-state index in [1.54, 1.807) is 18.2 Å². The first-order chi connectivity index (χ1) is 8.14. The second kappa shape index (κ2) is 4.84. The molecule has 0 bridgehead atoms. The molecule has 0 fully saturated rings. The van der Waals surface area contributed by atoms with Crippen molar-refractivity contribution in [3.8, 4) is 0 Å². The topological polar surface area (TPSA) is 26.0 Å². The Morgan fingerprint density at radius 2 is 1.50 bits per heavy atom. The highest BCUT2D eigenvalue weighted by Gasteiger charge is 2.67. The van der Waals surface area contributed by atoms with E-state index < -0.39 is 30.5 Å². The highest BCUT2D eigenvalue weighted by atomic mass is 19.4. The molecule has 0 heterocycles. The molecule has 1 aromatic rings. The van der Waals surface area contributed by atoms with Gasteiger partial charge in [-0.2, -0.15) is 22.0 Å². The van der Waals surface area contributed by atoms with Crippen LogP contribution in [-0.2, 0) is 6.42 Å². The number of benzene rings is 1. The van der Waals surface area contributed by atoms with Crippen LogP contribution >= 0.6 is 0 Å². The first-order valence-electron chi connectivity index (χ1n) is 5.41. The lowest BCUT2D eigenvalue weighted by atomic mass is 9.83. The van der Waals surface area contributed by atoms with Crippen LogP contribution in [0, 0.1) is 0 Å². The van der Waals surface area contributed by atoms with Gasteiger partial charge in [-0.1, -0.05) is 37.3 Å². The van der Waals surface area contributed by atoms with Gasteiger partial charge in [0, 0.05) is 0 Å². The SMILES string of the molecule is CCC(N)(Cc1ccccc1)C(F)(F)C(F)(F)F. The first kappa shape index (κ1) is 14.9. The maximum absolute atomic E-state index is 13.4. The highest BCUT2D eigenvalue weighted by molar-refractivity contribution is 5.20. The number of halogens is 5. The lowest BCUT2D eigenvalue weighted by Crippen LogP contribution is -2.63. The molecule has 0 saturated carbocycles. The number of nitrogens with two attached hydrogens (primary N) is 1. The molecule has 0 aliphatic rings. The predicted molar refractivity (Wildman–Crippen MR) is 58.4 cm³/mol. The third-order valence-corrected chi connectivity index (χ3v) is 2.97. The Labute approximate surface area is 102 Å². The van der Waals surface area contributed by atoms with E-state index in [0.29, 0.717) is 5.56 Å². The van der Waals surface area contributed by atoms with E-state index in [-0.39, 0.29) is 0 Å². The van der Waals surface area contributed by atoms with Gasteiger partial charge in [0.1, 0.15) is 0 Å². The van der Waals surface area contributed by atoms with Crippen LogP contribution < -0.4 is 5.73 Å². The molecule has 1 nitrogen and oxygen atoms in total. The quantitative estimate of drug-likeness (QED) is 0.830. The fraction of sp³-hybridized carbons (Fsp3) is 0.500. The summed E-state index contributed by atoms with van der Waals surface area (Å²) in [4.78, 5) is 0. The minimum Gasteiger partial charge on any atom is -0.320 e. The van der Waals surface area contributed by atoms with Gasteiger partial charge in [0.05, 0.1) is 5.54 Å². The lowest BCUT2D eigenvalue weighted by molar-refractivity contribution is -0.307. The van der Waals surface area contributed by atoms with Crippen LogP contribution in [0.15, 0.2) is 30.3 Å². The molecule has 18 heavy (non-hydrogen) atoms. The molecule has 0 amide bonds. The van der Waals surface area contributed by atoms with Crippen molar-refractivity contribution >= 4 is 0 Å². The highest BCUT2D eigenvalue weighted by Crippen LogP contribution is 2.45. The Morgan fingerprint density at radius 3 is 1.89 bits per heavy atom. The molecular weight excluding hydrogens is 253 g/mol. The van der Waals surface area contributed by atoms with Crippen LogP contribution in [0.4, 0.5) is 22.0 Å². The van der Waals surface area contributed by atoms with Gasteiger partial charge in [-0.05, 0) is 18.4 Å². The standard InChI is InChI=1S/C12H14F5N/c1-2-10(18,11(13,14)12(15,16)17)8-9-6-4-3-5-7-9/h3-7H,2,8,18H2,1H3. The Bertz CT molecular complexity index is 387. The summed E-state index contributed by atoms with van der Waals surface area (Å²) in [6.07, 6.45) is -6.65. The van der Waals surface area contributed by atoms with Gasteiger partial charge in [-0.25, -0.2) is 0 Å². The van der Waals surface area contributed by atoms with Crippen LogP contribution in [0.2, 0.25) is 0 Å². The second-order valence-electron chi connectivity index (χ2n) is 4.24. The summed E-state index contributed by atoms with van der Waals surface area (Å²) in [5.74, 6) is -4.93. The van der Waals surface area contributed by atoms with E-state index in [1.807, 2.05) is 0 Å². The molecule has 6 heteroatoms. The third-order valence-electron chi connectivity index (χ3n) is 2.97. The number of rotatable bonds is 4. The summed E-state index contributed by atoms with van der Waals surface area (Å²) < 4.78 is 64.0. The van der Waals surface area contributed by atoms with Gasteiger partial charge in [0.15, 0.2) is 0 Å². The number of alkyl halides is 5. The van der Waals surface area contributed by atoms with E-state index in [1.165, 1.54) is 19.1 Å². The van der Waals surface area contributed by atoms with Gasteiger partial charge < -0.3 is 5.73 Å². The van der Waals surface area contributed by atoms with Crippen molar-refractivity contribution in [1.82, 2.24) is 0 Å². The van der Waals surface area contributed by atoms with Crippen LogP contribution in [0.1, 0.15) is 18.9 Å². The molecular formula is C12H14F5N. The minimum atomic E-state index is -5.65. The zero-order chi connectivity index (χ0) is 14.0. The van der Waals surface area contributed by atoms with E-state index in [9.17, 15) is 22.0 Å². The minimum absolute atomic E-state index is 0.353. The predicted octanol–water partition coefficient (Wildman–Crippen LogP) is 3.53. The number of hydrogen-bond donors (Lipinski definition) is 1. The smallest absolute Gasteiger partial charge is 0.320 e.